The third-order valence-electron chi connectivity index (χ3n) is 7.54. The van der Waals surface area contributed by atoms with E-state index < -0.39 is 34.1 Å². The lowest BCUT2D eigenvalue weighted by Crippen LogP contribution is -2.56. The molecule has 0 bridgehead atoms. The fourth-order valence-corrected chi connectivity index (χ4v) is 6.97. The molecule has 46 heavy (non-hydrogen) atoms. The highest BCUT2D eigenvalue weighted by Crippen LogP contribution is 2.29. The van der Waals surface area contributed by atoms with E-state index in [2.05, 4.69) is 21.2 Å². The van der Waals surface area contributed by atoms with Crippen molar-refractivity contribution < 1.29 is 18.0 Å². The molecule has 7 nitrogen and oxygen atoms in total. The maximum absolute atomic E-state index is 14.6. The summed E-state index contributed by atoms with van der Waals surface area (Å²) in [5.74, 6) is -0.815. The van der Waals surface area contributed by atoms with Gasteiger partial charge in [-0.15, -0.1) is 0 Å². The number of nitrogens with one attached hydrogen (secondary N) is 1. The molecule has 9 heteroatoms. The van der Waals surface area contributed by atoms with Gasteiger partial charge in [-0.1, -0.05) is 93.8 Å². The van der Waals surface area contributed by atoms with Crippen molar-refractivity contribution in [1.82, 2.24) is 10.2 Å². The van der Waals surface area contributed by atoms with Crippen LogP contribution in [0.1, 0.15) is 48.6 Å². The second-order valence-corrected chi connectivity index (χ2v) is 15.5. The van der Waals surface area contributed by atoms with Crippen LogP contribution >= 0.6 is 15.9 Å². The number of aryl methyl sites for hydroxylation is 3. The molecular weight excluding hydrogens is 662 g/mol. The van der Waals surface area contributed by atoms with Gasteiger partial charge < -0.3 is 10.2 Å². The number of halogens is 1. The molecule has 1 N–H and O–H groups in total. The number of hydrogen-bond donors (Lipinski definition) is 1. The Morgan fingerprint density at radius 3 is 2.00 bits per heavy atom. The lowest BCUT2D eigenvalue weighted by atomic mass is 10.0. The predicted octanol–water partition coefficient (Wildman–Crippen LogP) is 7.12. The lowest BCUT2D eigenvalue weighted by molar-refractivity contribution is -0.140. The molecule has 0 radical (unpaired) electrons. The van der Waals surface area contributed by atoms with E-state index in [1.165, 1.54) is 9.21 Å². The molecule has 0 saturated carbocycles. The first kappa shape index (κ1) is 34.9. The van der Waals surface area contributed by atoms with Crippen LogP contribution in [0, 0.1) is 20.8 Å². The molecule has 0 aliphatic carbocycles. The Balaban J connectivity index is 1.84. The maximum Gasteiger partial charge on any atom is 0.264 e. The van der Waals surface area contributed by atoms with Gasteiger partial charge >= 0.3 is 0 Å². The Morgan fingerprint density at radius 2 is 1.41 bits per heavy atom. The van der Waals surface area contributed by atoms with Crippen LogP contribution in [0.5, 0.6) is 0 Å². The fraction of sp³-hybridized carbons (Fsp3) is 0.297. The molecule has 2 amide bonds. The number of amides is 2. The molecule has 1 atom stereocenters. The Hall–Kier alpha value is -3.95. The topological polar surface area (TPSA) is 86.8 Å². The van der Waals surface area contributed by atoms with Gasteiger partial charge in [-0.05, 0) is 88.6 Å². The maximum atomic E-state index is 14.6. The van der Waals surface area contributed by atoms with Crippen molar-refractivity contribution in [3.8, 4) is 0 Å². The molecule has 0 saturated heterocycles. The van der Waals surface area contributed by atoms with Crippen molar-refractivity contribution in [2.24, 2.45) is 0 Å². The van der Waals surface area contributed by atoms with Gasteiger partial charge in [-0.3, -0.25) is 13.9 Å². The number of anilines is 1. The third-order valence-corrected chi connectivity index (χ3v) is 9.85. The van der Waals surface area contributed by atoms with Gasteiger partial charge in [0, 0.05) is 23.0 Å². The summed E-state index contributed by atoms with van der Waals surface area (Å²) in [4.78, 5) is 30.2. The summed E-state index contributed by atoms with van der Waals surface area (Å²) >= 11 is 3.47. The highest BCUT2D eigenvalue weighted by molar-refractivity contribution is 9.10. The summed E-state index contributed by atoms with van der Waals surface area (Å²) in [6.45, 7) is 10.9. The van der Waals surface area contributed by atoms with Crippen LogP contribution in [-0.2, 0) is 32.6 Å². The van der Waals surface area contributed by atoms with Crippen LogP contribution < -0.4 is 9.62 Å². The molecule has 0 unspecified atom stereocenters. The highest BCUT2D eigenvalue weighted by Gasteiger charge is 2.36. The van der Waals surface area contributed by atoms with Crippen molar-refractivity contribution in [1.29, 1.82) is 0 Å². The fourth-order valence-electron chi connectivity index (χ4n) is 5.23. The van der Waals surface area contributed by atoms with Crippen LogP contribution in [0.4, 0.5) is 5.69 Å². The summed E-state index contributed by atoms with van der Waals surface area (Å²) < 4.78 is 30.6. The quantitative estimate of drug-likeness (QED) is 0.180. The lowest BCUT2D eigenvalue weighted by Gasteiger charge is -2.35. The Bertz CT molecular complexity index is 1770. The average molecular weight is 705 g/mol. The first-order valence-corrected chi connectivity index (χ1v) is 17.4. The molecular formula is C37H42BrN3O4S. The van der Waals surface area contributed by atoms with E-state index in [9.17, 15) is 18.0 Å². The molecule has 0 fully saturated rings. The zero-order chi connectivity index (χ0) is 33.6. The summed E-state index contributed by atoms with van der Waals surface area (Å²) in [5.41, 5.74) is 4.14. The minimum Gasteiger partial charge on any atom is -0.350 e. The van der Waals surface area contributed by atoms with Gasteiger partial charge in [0.05, 0.1) is 10.6 Å². The third kappa shape index (κ3) is 9.07. The van der Waals surface area contributed by atoms with Gasteiger partial charge in [-0.25, -0.2) is 8.42 Å². The van der Waals surface area contributed by atoms with Crippen LogP contribution in [0.25, 0.3) is 0 Å². The van der Waals surface area contributed by atoms with E-state index in [4.69, 9.17) is 0 Å². The largest absolute Gasteiger partial charge is 0.350 e. The monoisotopic (exact) mass is 703 g/mol. The van der Waals surface area contributed by atoms with Crippen LogP contribution in [0.2, 0.25) is 0 Å². The normalized spacial score (nSPS) is 12.3. The van der Waals surface area contributed by atoms with Crippen molar-refractivity contribution >= 4 is 43.5 Å². The molecule has 0 aliphatic heterocycles. The number of benzene rings is 4. The summed E-state index contributed by atoms with van der Waals surface area (Å²) in [7, 11) is -4.17. The van der Waals surface area contributed by atoms with E-state index in [0.717, 1.165) is 26.7 Å². The van der Waals surface area contributed by atoms with E-state index in [1.807, 2.05) is 108 Å². The average Bonchev–Trinajstić information content (AvgIpc) is 2.98. The van der Waals surface area contributed by atoms with Gasteiger partial charge in [-0.2, -0.15) is 0 Å². The molecule has 4 aromatic rings. The second-order valence-electron chi connectivity index (χ2n) is 12.7. The van der Waals surface area contributed by atoms with Gasteiger partial charge in [0.1, 0.15) is 12.6 Å². The van der Waals surface area contributed by atoms with Crippen LogP contribution in [0.3, 0.4) is 0 Å². The molecule has 4 rings (SSSR count). The van der Waals surface area contributed by atoms with Crippen LogP contribution in [-0.4, -0.2) is 43.3 Å². The minimum atomic E-state index is -4.17. The molecule has 0 aliphatic rings. The molecule has 0 heterocycles. The standard InChI is InChI=1S/C37H42BrN3O4S/c1-26-12-19-32(20-13-26)46(44,45)41(33-21-14-27(2)22-28(33)3)25-35(42)40(24-30-15-17-31(38)18-16-30)34(36(43)39-37(4,5)6)23-29-10-8-7-9-11-29/h7-22,34H,23-25H2,1-6H3,(H,39,43)/t34-/m0/s1. The SMILES string of the molecule is Cc1ccc(S(=O)(=O)N(CC(=O)N(Cc2ccc(Br)cc2)[C@@H](Cc2ccccc2)C(=O)NC(C)(C)C)c2ccc(C)cc2C)cc1. The van der Waals surface area contributed by atoms with Crippen molar-refractivity contribution in [2.45, 2.75) is 71.0 Å². The zero-order valence-electron chi connectivity index (χ0n) is 27.2. The number of rotatable bonds is 11. The van der Waals surface area contributed by atoms with Crippen molar-refractivity contribution in [2.75, 3.05) is 10.8 Å². The van der Waals surface area contributed by atoms with E-state index in [-0.39, 0.29) is 23.8 Å². The number of carbonyl (C=O) groups is 2. The minimum absolute atomic E-state index is 0.0802. The number of hydrogen-bond acceptors (Lipinski definition) is 4. The van der Waals surface area contributed by atoms with Crippen molar-refractivity contribution in [3.05, 3.63) is 129 Å². The van der Waals surface area contributed by atoms with Gasteiger partial charge in [0.15, 0.2) is 0 Å². The van der Waals surface area contributed by atoms with E-state index in [0.29, 0.717) is 11.3 Å². The Morgan fingerprint density at radius 1 is 0.804 bits per heavy atom. The summed E-state index contributed by atoms with van der Waals surface area (Å²) in [6, 6.07) is 28.2. The van der Waals surface area contributed by atoms with E-state index >= 15 is 0 Å². The molecule has 4 aromatic carbocycles. The van der Waals surface area contributed by atoms with Gasteiger partial charge in [0.25, 0.3) is 10.0 Å². The first-order chi connectivity index (χ1) is 21.6. The predicted molar refractivity (Wildman–Crippen MR) is 188 cm³/mol. The second kappa shape index (κ2) is 14.6. The number of nitrogens with zero attached hydrogens (tertiary/aromatic N) is 2. The smallest absolute Gasteiger partial charge is 0.264 e. The van der Waals surface area contributed by atoms with E-state index in [1.54, 1.807) is 30.3 Å². The number of carbonyl (C=O) groups excluding carboxylic acids is 2. The van der Waals surface area contributed by atoms with Crippen molar-refractivity contribution in [3.63, 3.8) is 0 Å². The zero-order valence-corrected chi connectivity index (χ0v) is 29.7. The Kier molecular flexibility index (Phi) is 11.1. The molecule has 0 aromatic heterocycles. The van der Waals surface area contributed by atoms with Gasteiger partial charge in [0.2, 0.25) is 11.8 Å². The summed E-state index contributed by atoms with van der Waals surface area (Å²) in [6.07, 6.45) is 0.249. The molecule has 242 valence electrons. The summed E-state index contributed by atoms with van der Waals surface area (Å²) in [5, 5.41) is 3.06. The Labute approximate surface area is 281 Å². The highest BCUT2D eigenvalue weighted by atomic mass is 79.9. The van der Waals surface area contributed by atoms with Crippen LogP contribution in [0.15, 0.2) is 106 Å². The molecule has 0 spiro atoms. The number of sulfonamides is 1. The first-order valence-electron chi connectivity index (χ1n) is 15.2.